The molecule has 1 aromatic rings. The summed E-state index contributed by atoms with van der Waals surface area (Å²) in [7, 11) is 0. The third-order valence-corrected chi connectivity index (χ3v) is 3.56. The predicted octanol–water partition coefficient (Wildman–Crippen LogP) is 1.29. The number of nitrogens with two attached hydrogens (primary N) is 1. The fourth-order valence-electron chi connectivity index (χ4n) is 2.56. The third kappa shape index (κ3) is 2.51. The Hall–Kier alpha value is -1.75. The third-order valence-electron chi connectivity index (χ3n) is 3.56. The number of benzene rings is 1. The molecule has 2 aliphatic heterocycles. The number of rotatable bonds is 3. The number of carbonyl (C=O) groups excluding carboxylic acids is 1. The summed E-state index contributed by atoms with van der Waals surface area (Å²) in [6.45, 7) is 2.31. The molecule has 0 aliphatic carbocycles. The Morgan fingerprint density at radius 3 is 3.11 bits per heavy atom. The summed E-state index contributed by atoms with van der Waals surface area (Å²) in [6.07, 6.45) is 1.65. The van der Waals surface area contributed by atoms with Crippen molar-refractivity contribution in [3.63, 3.8) is 0 Å². The summed E-state index contributed by atoms with van der Waals surface area (Å²) in [5.41, 5.74) is 7.86. The van der Waals surface area contributed by atoms with Gasteiger partial charge in [0.05, 0.1) is 13.2 Å². The molecule has 1 amide bonds. The zero-order valence-electron chi connectivity index (χ0n) is 10.8. The molecule has 2 N–H and O–H groups in total. The van der Waals surface area contributed by atoms with E-state index in [1.807, 2.05) is 12.1 Å². The Bertz CT molecular complexity index is 490. The van der Waals surface area contributed by atoms with E-state index in [1.165, 1.54) is 5.56 Å². The van der Waals surface area contributed by atoms with Gasteiger partial charge in [0, 0.05) is 13.1 Å². The maximum atomic E-state index is 11.7. The lowest BCUT2D eigenvalue weighted by molar-refractivity contribution is 0.134. The van der Waals surface area contributed by atoms with Crippen molar-refractivity contribution in [1.29, 1.82) is 0 Å². The van der Waals surface area contributed by atoms with Crippen LogP contribution >= 0.6 is 0 Å². The van der Waals surface area contributed by atoms with Crippen LogP contribution in [0.4, 0.5) is 4.79 Å². The Balaban J connectivity index is 1.71. The van der Waals surface area contributed by atoms with E-state index in [9.17, 15) is 4.79 Å². The van der Waals surface area contributed by atoms with Crippen LogP contribution in [0.25, 0.3) is 0 Å². The highest BCUT2D eigenvalue weighted by molar-refractivity contribution is 5.70. The molecule has 0 spiro atoms. The van der Waals surface area contributed by atoms with Crippen molar-refractivity contribution in [2.45, 2.75) is 25.5 Å². The highest BCUT2D eigenvalue weighted by atomic mass is 16.6. The first kappa shape index (κ1) is 12.3. The number of cyclic esters (lactones) is 1. The van der Waals surface area contributed by atoms with Gasteiger partial charge in [0.1, 0.15) is 11.9 Å². The van der Waals surface area contributed by atoms with Crippen molar-refractivity contribution in [1.82, 2.24) is 4.90 Å². The monoisotopic (exact) mass is 262 g/mol. The molecule has 19 heavy (non-hydrogen) atoms. The number of carbonyl (C=O) groups is 1. The number of ether oxygens (including phenoxy) is 2. The first-order chi connectivity index (χ1) is 9.26. The summed E-state index contributed by atoms with van der Waals surface area (Å²) >= 11 is 0. The van der Waals surface area contributed by atoms with Gasteiger partial charge in [0.15, 0.2) is 0 Å². The predicted molar refractivity (Wildman–Crippen MR) is 70.0 cm³/mol. The smallest absolute Gasteiger partial charge is 0.410 e. The van der Waals surface area contributed by atoms with Crippen LogP contribution in [0.2, 0.25) is 0 Å². The molecule has 2 aliphatic rings. The van der Waals surface area contributed by atoms with E-state index < -0.39 is 0 Å². The highest BCUT2D eigenvalue weighted by Gasteiger charge is 2.30. The van der Waals surface area contributed by atoms with Crippen molar-refractivity contribution in [2.75, 3.05) is 19.7 Å². The Morgan fingerprint density at radius 1 is 1.42 bits per heavy atom. The molecule has 0 bridgehead atoms. The lowest BCUT2D eigenvalue weighted by atomic mass is 10.0. The molecule has 1 unspecified atom stereocenters. The van der Waals surface area contributed by atoms with Gasteiger partial charge in [-0.15, -0.1) is 0 Å². The lowest BCUT2D eigenvalue weighted by Crippen LogP contribution is -2.27. The zero-order valence-corrected chi connectivity index (χ0v) is 10.8. The van der Waals surface area contributed by atoms with E-state index in [4.69, 9.17) is 15.2 Å². The number of fused-ring (bicyclic) bond motifs is 1. The van der Waals surface area contributed by atoms with Gasteiger partial charge in [0.2, 0.25) is 0 Å². The van der Waals surface area contributed by atoms with Gasteiger partial charge < -0.3 is 20.1 Å². The molecule has 1 fully saturated rings. The molecule has 0 aromatic heterocycles. The molecule has 1 saturated heterocycles. The van der Waals surface area contributed by atoms with E-state index in [-0.39, 0.29) is 12.2 Å². The summed E-state index contributed by atoms with van der Waals surface area (Å²) in [6, 6.07) is 6.12. The highest BCUT2D eigenvalue weighted by Crippen LogP contribution is 2.26. The van der Waals surface area contributed by atoms with Crippen LogP contribution in [0.1, 0.15) is 17.5 Å². The van der Waals surface area contributed by atoms with Crippen LogP contribution in [0.15, 0.2) is 18.2 Å². The second-order valence-corrected chi connectivity index (χ2v) is 5.02. The molecule has 2 heterocycles. The molecule has 1 atom stereocenters. The van der Waals surface area contributed by atoms with Crippen molar-refractivity contribution < 1.29 is 14.3 Å². The molecule has 1 aromatic carbocycles. The largest absolute Gasteiger partial charge is 0.493 e. The van der Waals surface area contributed by atoms with Crippen molar-refractivity contribution >= 4 is 6.09 Å². The van der Waals surface area contributed by atoms with Crippen LogP contribution in [0.3, 0.4) is 0 Å². The second-order valence-electron chi connectivity index (χ2n) is 5.02. The first-order valence-electron chi connectivity index (χ1n) is 6.66. The minimum absolute atomic E-state index is 0.173. The van der Waals surface area contributed by atoms with Gasteiger partial charge in [-0.25, -0.2) is 4.79 Å². The molecule has 102 valence electrons. The number of amides is 1. The van der Waals surface area contributed by atoms with Crippen LogP contribution < -0.4 is 10.5 Å². The second kappa shape index (κ2) is 5.09. The molecular formula is C14H18N2O3. The van der Waals surface area contributed by atoms with Crippen LogP contribution in [-0.2, 0) is 17.7 Å². The normalized spacial score (nSPS) is 21.8. The summed E-state index contributed by atoms with van der Waals surface area (Å²) < 4.78 is 10.7. The maximum absolute atomic E-state index is 11.7. The van der Waals surface area contributed by atoms with Crippen LogP contribution in [0, 0.1) is 0 Å². The molecule has 3 rings (SSSR count). The summed E-state index contributed by atoms with van der Waals surface area (Å²) in [5, 5.41) is 0. The van der Waals surface area contributed by atoms with E-state index in [1.54, 1.807) is 4.90 Å². The fraction of sp³-hybridized carbons (Fsp3) is 0.500. The van der Waals surface area contributed by atoms with Gasteiger partial charge in [-0.2, -0.15) is 0 Å². The quantitative estimate of drug-likeness (QED) is 0.891. The van der Waals surface area contributed by atoms with Crippen molar-refractivity contribution in [3.8, 4) is 5.75 Å². The van der Waals surface area contributed by atoms with Gasteiger partial charge >= 0.3 is 6.09 Å². The van der Waals surface area contributed by atoms with Crippen molar-refractivity contribution in [2.24, 2.45) is 5.73 Å². The van der Waals surface area contributed by atoms with Crippen LogP contribution in [-0.4, -0.2) is 36.8 Å². The Morgan fingerprint density at radius 2 is 2.32 bits per heavy atom. The van der Waals surface area contributed by atoms with Gasteiger partial charge in [-0.05, 0) is 30.0 Å². The number of aryl methyl sites for hydroxylation is 1. The Kier molecular flexibility index (Phi) is 3.29. The van der Waals surface area contributed by atoms with E-state index in [0.29, 0.717) is 19.6 Å². The van der Waals surface area contributed by atoms with E-state index in [2.05, 4.69) is 6.07 Å². The van der Waals surface area contributed by atoms with Crippen molar-refractivity contribution in [3.05, 3.63) is 29.3 Å². The zero-order chi connectivity index (χ0) is 13.2. The SMILES string of the molecule is NCC1CN(Cc2ccc3c(c2)CCCO3)C(=O)O1. The summed E-state index contributed by atoms with van der Waals surface area (Å²) in [4.78, 5) is 13.4. The first-order valence-corrected chi connectivity index (χ1v) is 6.66. The van der Waals surface area contributed by atoms with Gasteiger partial charge in [-0.1, -0.05) is 12.1 Å². The van der Waals surface area contributed by atoms with Gasteiger partial charge in [0.25, 0.3) is 0 Å². The molecular weight excluding hydrogens is 244 g/mol. The lowest BCUT2D eigenvalue weighted by Gasteiger charge is -2.19. The summed E-state index contributed by atoms with van der Waals surface area (Å²) in [5.74, 6) is 0.971. The number of hydrogen-bond donors (Lipinski definition) is 1. The average molecular weight is 262 g/mol. The number of nitrogens with zero attached hydrogens (tertiary/aromatic N) is 1. The van der Waals surface area contributed by atoms with E-state index >= 15 is 0 Å². The van der Waals surface area contributed by atoms with Crippen LogP contribution in [0.5, 0.6) is 5.75 Å². The molecule has 0 saturated carbocycles. The molecule has 5 nitrogen and oxygen atoms in total. The molecule has 5 heteroatoms. The standard InChI is InChI=1S/C14H18N2O3/c15-7-12-9-16(14(17)19-12)8-10-3-4-13-11(6-10)2-1-5-18-13/h3-4,6,12H,1-2,5,7-9,15H2. The van der Waals surface area contributed by atoms with E-state index in [0.717, 1.165) is 30.8 Å². The topological polar surface area (TPSA) is 64.8 Å². The Labute approximate surface area is 112 Å². The maximum Gasteiger partial charge on any atom is 0.410 e. The minimum Gasteiger partial charge on any atom is -0.493 e. The van der Waals surface area contributed by atoms with Gasteiger partial charge in [-0.3, -0.25) is 0 Å². The number of hydrogen-bond acceptors (Lipinski definition) is 4. The molecule has 0 radical (unpaired) electrons. The average Bonchev–Trinajstić information content (AvgIpc) is 2.79. The fourth-order valence-corrected chi connectivity index (χ4v) is 2.56. The minimum atomic E-state index is -0.274.